The zero-order valence-electron chi connectivity index (χ0n) is 17.4. The fourth-order valence-electron chi connectivity index (χ4n) is 1.93. The Kier molecular flexibility index (Phi) is 16.2. The Bertz CT molecular complexity index is 377. The minimum absolute atomic E-state index is 0.0514. The summed E-state index contributed by atoms with van der Waals surface area (Å²) in [7, 11) is 0. The molecule has 0 aromatic carbocycles. The van der Waals surface area contributed by atoms with Crippen LogP contribution in [0.15, 0.2) is 0 Å². The zero-order valence-corrected chi connectivity index (χ0v) is 18.3. The van der Waals surface area contributed by atoms with Crippen molar-refractivity contribution in [2.24, 2.45) is 5.92 Å². The van der Waals surface area contributed by atoms with E-state index in [1.54, 1.807) is 39.6 Å². The Morgan fingerprint density at radius 3 is 2.22 bits per heavy atom. The molecule has 1 unspecified atom stereocenters. The number of halogens is 1. The molecule has 1 amide bonds. The van der Waals surface area contributed by atoms with E-state index in [1.165, 1.54) is 0 Å². The van der Waals surface area contributed by atoms with E-state index in [9.17, 15) is 9.18 Å². The highest BCUT2D eigenvalue weighted by Crippen LogP contribution is 2.17. The van der Waals surface area contributed by atoms with Crippen LogP contribution in [0.4, 0.5) is 4.39 Å². The molecule has 0 saturated carbocycles. The summed E-state index contributed by atoms with van der Waals surface area (Å²) in [5.41, 5.74) is -0.978. The van der Waals surface area contributed by atoms with Gasteiger partial charge in [0.05, 0.1) is 45.2 Å². The first kappa shape index (κ1) is 26.6. The van der Waals surface area contributed by atoms with E-state index in [0.717, 1.165) is 19.6 Å². The lowest BCUT2D eigenvalue weighted by Crippen LogP contribution is -2.45. The third-order valence-electron chi connectivity index (χ3n) is 3.78. The summed E-state index contributed by atoms with van der Waals surface area (Å²) in [6.07, 6.45) is 0.699. The maximum Gasteiger partial charge on any atom is 0.222 e. The van der Waals surface area contributed by atoms with Crippen molar-refractivity contribution in [2.45, 2.75) is 39.5 Å². The van der Waals surface area contributed by atoms with Gasteiger partial charge in [-0.05, 0) is 20.1 Å². The van der Waals surface area contributed by atoms with E-state index < -0.39 is 11.8 Å². The van der Waals surface area contributed by atoms with Crippen LogP contribution in [-0.4, -0.2) is 83.1 Å². The van der Waals surface area contributed by atoms with Crippen molar-refractivity contribution in [2.75, 3.05) is 65.5 Å². The molecule has 1 atom stereocenters. The van der Waals surface area contributed by atoms with E-state index in [1.807, 2.05) is 6.26 Å². The Morgan fingerprint density at radius 2 is 1.63 bits per heavy atom. The number of hydrogen-bond acceptors (Lipinski definition) is 7. The number of carbonyl (C=O) groups is 1. The fourth-order valence-corrected chi connectivity index (χ4v) is 2.22. The van der Waals surface area contributed by atoms with Gasteiger partial charge in [-0.25, -0.2) is 4.39 Å². The van der Waals surface area contributed by atoms with Gasteiger partial charge in [0.1, 0.15) is 6.17 Å². The summed E-state index contributed by atoms with van der Waals surface area (Å²) in [5.74, 6) is -0.321. The second-order valence-electron chi connectivity index (χ2n) is 6.89. The van der Waals surface area contributed by atoms with Crippen LogP contribution in [0.3, 0.4) is 0 Å². The van der Waals surface area contributed by atoms with Crippen LogP contribution in [-0.2, 0) is 19.0 Å². The van der Waals surface area contributed by atoms with Gasteiger partial charge in [-0.3, -0.25) is 9.52 Å². The Labute approximate surface area is 168 Å². The molecule has 0 radical (unpaired) electrons. The normalized spacial score (nSPS) is 13.1. The molecule has 0 aliphatic heterocycles. The molecule has 0 aromatic heterocycles. The van der Waals surface area contributed by atoms with E-state index in [0.29, 0.717) is 33.0 Å². The van der Waals surface area contributed by atoms with E-state index in [2.05, 4.69) is 15.4 Å². The lowest BCUT2D eigenvalue weighted by atomic mass is 10.0. The highest BCUT2D eigenvalue weighted by atomic mass is 32.2. The van der Waals surface area contributed by atoms with Crippen molar-refractivity contribution >= 4 is 17.9 Å². The monoisotopic (exact) mass is 411 g/mol. The lowest BCUT2D eigenvalue weighted by Gasteiger charge is -2.29. The second kappa shape index (κ2) is 16.5. The minimum atomic E-state index is -1.28. The Hall–Kier alpha value is -0.450. The molecule has 3 N–H and O–H groups in total. The van der Waals surface area contributed by atoms with Crippen molar-refractivity contribution in [3.63, 3.8) is 0 Å². The molecule has 0 aromatic rings. The standard InChI is InChI=1S/C18H38FN3O4S/c1-15(2)17(23)21-14-16(19)18(3,4)26-13-12-25-10-7-20-6-9-24-11-8-22-27-5/h15-16,20,22H,6-14H2,1-5H3,(H,21,23). The van der Waals surface area contributed by atoms with Crippen molar-refractivity contribution in [1.82, 2.24) is 15.4 Å². The summed E-state index contributed by atoms with van der Waals surface area (Å²) < 4.78 is 33.8. The van der Waals surface area contributed by atoms with E-state index in [4.69, 9.17) is 14.2 Å². The molecule has 27 heavy (non-hydrogen) atoms. The zero-order chi connectivity index (χ0) is 20.5. The smallest absolute Gasteiger partial charge is 0.222 e. The third kappa shape index (κ3) is 15.2. The average molecular weight is 412 g/mol. The first-order valence-electron chi connectivity index (χ1n) is 9.49. The molecule has 0 fully saturated rings. The van der Waals surface area contributed by atoms with E-state index in [-0.39, 0.29) is 18.4 Å². The van der Waals surface area contributed by atoms with Gasteiger partial charge >= 0.3 is 0 Å². The number of nitrogens with one attached hydrogen (secondary N) is 3. The molecule has 0 aliphatic rings. The highest BCUT2D eigenvalue weighted by Gasteiger charge is 2.30. The van der Waals surface area contributed by atoms with Gasteiger partial charge in [0, 0.05) is 25.6 Å². The predicted octanol–water partition coefficient (Wildman–Crippen LogP) is 1.38. The van der Waals surface area contributed by atoms with Crippen LogP contribution < -0.4 is 15.4 Å². The largest absolute Gasteiger partial charge is 0.379 e. The topological polar surface area (TPSA) is 80.8 Å². The minimum Gasteiger partial charge on any atom is -0.379 e. The van der Waals surface area contributed by atoms with Crippen LogP contribution in [0.1, 0.15) is 27.7 Å². The molecule has 0 bridgehead atoms. The number of hydrogen-bond donors (Lipinski definition) is 3. The van der Waals surface area contributed by atoms with E-state index >= 15 is 0 Å². The first-order valence-corrected chi connectivity index (χ1v) is 10.7. The van der Waals surface area contributed by atoms with Gasteiger partial charge in [-0.2, -0.15) is 0 Å². The number of alkyl halides is 1. The molecular formula is C18H38FN3O4S. The van der Waals surface area contributed by atoms with Crippen LogP contribution in [0.5, 0.6) is 0 Å². The van der Waals surface area contributed by atoms with Gasteiger partial charge in [0.15, 0.2) is 0 Å². The van der Waals surface area contributed by atoms with Gasteiger partial charge in [-0.1, -0.05) is 25.8 Å². The van der Waals surface area contributed by atoms with Crippen molar-refractivity contribution < 1.29 is 23.4 Å². The Morgan fingerprint density at radius 1 is 1.04 bits per heavy atom. The Balaban J connectivity index is 3.55. The molecule has 0 rings (SSSR count). The SMILES string of the molecule is CSNCCOCCNCCOCCOC(C)(C)C(F)CNC(=O)C(C)C. The van der Waals surface area contributed by atoms with Gasteiger partial charge < -0.3 is 24.8 Å². The average Bonchev–Trinajstić information content (AvgIpc) is 2.62. The number of ether oxygens (including phenoxy) is 3. The third-order valence-corrected chi connectivity index (χ3v) is 4.27. The van der Waals surface area contributed by atoms with Gasteiger partial charge in [-0.15, -0.1) is 0 Å². The maximum atomic E-state index is 14.2. The molecule has 7 nitrogen and oxygen atoms in total. The highest BCUT2D eigenvalue weighted by molar-refractivity contribution is 7.96. The fraction of sp³-hybridized carbons (Fsp3) is 0.944. The molecule has 162 valence electrons. The van der Waals surface area contributed by atoms with Crippen LogP contribution >= 0.6 is 11.9 Å². The summed E-state index contributed by atoms with van der Waals surface area (Å²) in [6, 6.07) is 0. The van der Waals surface area contributed by atoms with Crippen molar-refractivity contribution in [1.29, 1.82) is 0 Å². The van der Waals surface area contributed by atoms with Crippen LogP contribution in [0, 0.1) is 5.92 Å². The molecule has 0 heterocycles. The second-order valence-corrected chi connectivity index (χ2v) is 7.59. The number of carbonyl (C=O) groups excluding carboxylic acids is 1. The maximum absolute atomic E-state index is 14.2. The number of amides is 1. The van der Waals surface area contributed by atoms with Crippen molar-refractivity contribution in [3.8, 4) is 0 Å². The quantitative estimate of drug-likeness (QED) is 0.232. The molecule has 9 heteroatoms. The van der Waals surface area contributed by atoms with Crippen LogP contribution in [0.2, 0.25) is 0 Å². The summed E-state index contributed by atoms with van der Waals surface area (Å²) in [6.45, 7) is 11.8. The van der Waals surface area contributed by atoms with Gasteiger partial charge in [0.25, 0.3) is 0 Å². The molecule has 0 spiro atoms. The predicted molar refractivity (Wildman–Crippen MR) is 109 cm³/mol. The molecule has 0 saturated heterocycles. The van der Waals surface area contributed by atoms with Crippen molar-refractivity contribution in [3.05, 3.63) is 0 Å². The van der Waals surface area contributed by atoms with Crippen LogP contribution in [0.25, 0.3) is 0 Å². The number of rotatable bonds is 18. The van der Waals surface area contributed by atoms with Gasteiger partial charge in [0.2, 0.25) is 5.91 Å². The summed E-state index contributed by atoms with van der Waals surface area (Å²) in [5, 5.41) is 5.81. The first-order chi connectivity index (χ1) is 12.8. The molecule has 0 aliphatic carbocycles. The lowest BCUT2D eigenvalue weighted by molar-refractivity contribution is -0.125. The summed E-state index contributed by atoms with van der Waals surface area (Å²) in [4.78, 5) is 11.5. The molecular weight excluding hydrogens is 373 g/mol. The summed E-state index contributed by atoms with van der Waals surface area (Å²) >= 11 is 1.58.